The molecule has 2 atom stereocenters. The van der Waals surface area contributed by atoms with Crippen LogP contribution in [0.3, 0.4) is 0 Å². The van der Waals surface area contributed by atoms with Crippen molar-refractivity contribution in [3.8, 4) is 0 Å². The van der Waals surface area contributed by atoms with Gasteiger partial charge in [0.25, 0.3) is 0 Å². The van der Waals surface area contributed by atoms with Gasteiger partial charge in [-0.05, 0) is 32.9 Å². The number of rotatable bonds is 1. The number of fused-ring (bicyclic) bond motifs is 1. The molecule has 0 spiro atoms. The fourth-order valence-electron chi connectivity index (χ4n) is 2.85. The van der Waals surface area contributed by atoms with Crippen molar-refractivity contribution in [2.75, 3.05) is 20.1 Å². The van der Waals surface area contributed by atoms with Gasteiger partial charge < -0.3 is 14.6 Å². The molecular formula is C12H19N3O. The third kappa shape index (κ3) is 1.66. The summed E-state index contributed by atoms with van der Waals surface area (Å²) in [7, 11) is 2.16. The summed E-state index contributed by atoms with van der Waals surface area (Å²) in [5, 5.41) is 9.88. The first kappa shape index (κ1) is 10.3. The van der Waals surface area contributed by atoms with Gasteiger partial charge in [0, 0.05) is 25.1 Å². The van der Waals surface area contributed by atoms with Gasteiger partial charge in [-0.1, -0.05) is 0 Å². The van der Waals surface area contributed by atoms with Crippen LogP contribution in [-0.2, 0) is 6.42 Å². The molecule has 0 amide bonds. The van der Waals surface area contributed by atoms with E-state index in [4.69, 9.17) is 4.98 Å². The average Bonchev–Trinajstić information content (AvgIpc) is 2.84. The number of imidazole rings is 1. The van der Waals surface area contributed by atoms with Gasteiger partial charge in [-0.2, -0.15) is 0 Å². The van der Waals surface area contributed by atoms with Crippen LogP contribution in [0.4, 0.5) is 0 Å². The number of hydrogen-bond donors (Lipinski definition) is 1. The van der Waals surface area contributed by atoms with E-state index in [1.165, 1.54) is 12.1 Å². The summed E-state index contributed by atoms with van der Waals surface area (Å²) in [6, 6.07) is 0. The first-order valence-electron chi connectivity index (χ1n) is 6.18. The van der Waals surface area contributed by atoms with Crippen molar-refractivity contribution >= 4 is 0 Å². The van der Waals surface area contributed by atoms with Crippen molar-refractivity contribution in [2.45, 2.75) is 37.8 Å². The molecule has 0 radical (unpaired) electrons. The zero-order valence-electron chi connectivity index (χ0n) is 9.76. The minimum atomic E-state index is -0.343. The van der Waals surface area contributed by atoms with E-state index in [1.807, 2.05) is 4.57 Å². The lowest BCUT2D eigenvalue weighted by Crippen LogP contribution is -2.16. The van der Waals surface area contributed by atoms with E-state index in [0.29, 0.717) is 5.92 Å². The third-order valence-corrected chi connectivity index (χ3v) is 3.82. The molecule has 3 rings (SSSR count). The number of nitrogens with zero attached hydrogens (tertiary/aromatic N) is 3. The maximum Gasteiger partial charge on any atom is 0.131 e. The van der Waals surface area contributed by atoms with Crippen molar-refractivity contribution < 1.29 is 5.11 Å². The molecule has 2 aliphatic rings. The van der Waals surface area contributed by atoms with Gasteiger partial charge in [0.1, 0.15) is 12.1 Å². The van der Waals surface area contributed by atoms with Crippen molar-refractivity contribution in [1.29, 1.82) is 0 Å². The highest BCUT2D eigenvalue weighted by Crippen LogP contribution is 2.29. The molecule has 88 valence electrons. The second-order valence-corrected chi connectivity index (χ2v) is 5.11. The molecule has 1 saturated heterocycles. The van der Waals surface area contributed by atoms with Crippen LogP contribution in [0.2, 0.25) is 0 Å². The monoisotopic (exact) mass is 221 g/mol. The minimum absolute atomic E-state index is 0.343. The quantitative estimate of drug-likeness (QED) is 0.773. The molecule has 2 aliphatic heterocycles. The largest absolute Gasteiger partial charge is 0.373 e. The Bertz CT molecular complexity index is 388. The highest BCUT2D eigenvalue weighted by molar-refractivity contribution is 5.13. The maximum atomic E-state index is 9.88. The Morgan fingerprint density at radius 2 is 2.31 bits per heavy atom. The molecule has 0 bridgehead atoms. The summed E-state index contributed by atoms with van der Waals surface area (Å²) in [6.45, 7) is 2.27. The summed E-state index contributed by atoms with van der Waals surface area (Å²) in [4.78, 5) is 7.04. The van der Waals surface area contributed by atoms with Gasteiger partial charge in [0.15, 0.2) is 0 Å². The van der Waals surface area contributed by atoms with E-state index < -0.39 is 0 Å². The minimum Gasteiger partial charge on any atom is -0.373 e. The molecule has 2 unspecified atom stereocenters. The Morgan fingerprint density at radius 3 is 3.00 bits per heavy atom. The van der Waals surface area contributed by atoms with E-state index in [0.717, 1.165) is 38.2 Å². The molecular weight excluding hydrogens is 202 g/mol. The van der Waals surface area contributed by atoms with Crippen LogP contribution in [0.25, 0.3) is 0 Å². The predicted octanol–water partition coefficient (Wildman–Crippen LogP) is 1.13. The summed E-state index contributed by atoms with van der Waals surface area (Å²) in [5.74, 6) is 1.64. The number of aliphatic hydroxyl groups is 1. The van der Waals surface area contributed by atoms with Gasteiger partial charge in [0.05, 0.1) is 5.69 Å². The van der Waals surface area contributed by atoms with Crippen LogP contribution in [0.1, 0.15) is 42.9 Å². The number of aliphatic hydroxyl groups excluding tert-OH is 1. The van der Waals surface area contributed by atoms with Crippen LogP contribution in [-0.4, -0.2) is 39.7 Å². The van der Waals surface area contributed by atoms with Gasteiger partial charge in [-0.15, -0.1) is 0 Å². The predicted molar refractivity (Wildman–Crippen MR) is 61.3 cm³/mol. The summed E-state index contributed by atoms with van der Waals surface area (Å²) in [6.07, 6.45) is 5.87. The SMILES string of the molecule is CN1CCC(c2cn3c(n2)CCCC3O)C1. The van der Waals surface area contributed by atoms with E-state index >= 15 is 0 Å². The number of aryl methyl sites for hydroxylation is 1. The molecule has 0 aliphatic carbocycles. The second-order valence-electron chi connectivity index (χ2n) is 5.11. The highest BCUT2D eigenvalue weighted by atomic mass is 16.3. The van der Waals surface area contributed by atoms with E-state index in [2.05, 4.69) is 18.1 Å². The Kier molecular flexibility index (Phi) is 2.48. The Hall–Kier alpha value is -0.870. The Balaban J connectivity index is 1.86. The number of likely N-dealkylation sites (tertiary alicyclic amines) is 1. The zero-order chi connectivity index (χ0) is 11.1. The fourth-order valence-corrected chi connectivity index (χ4v) is 2.85. The lowest BCUT2D eigenvalue weighted by atomic mass is 10.1. The van der Waals surface area contributed by atoms with Crippen molar-refractivity contribution in [1.82, 2.24) is 14.5 Å². The van der Waals surface area contributed by atoms with E-state index in [-0.39, 0.29) is 6.23 Å². The maximum absolute atomic E-state index is 9.88. The fraction of sp³-hybridized carbons (Fsp3) is 0.750. The molecule has 16 heavy (non-hydrogen) atoms. The molecule has 4 nitrogen and oxygen atoms in total. The number of hydrogen-bond acceptors (Lipinski definition) is 3. The topological polar surface area (TPSA) is 41.3 Å². The molecule has 1 N–H and O–H groups in total. The van der Waals surface area contributed by atoms with Gasteiger partial charge in [0.2, 0.25) is 0 Å². The summed E-state index contributed by atoms with van der Waals surface area (Å²) >= 11 is 0. The normalized spacial score (nSPS) is 30.6. The molecule has 1 aromatic heterocycles. The van der Waals surface area contributed by atoms with Crippen molar-refractivity contribution in [3.05, 3.63) is 17.7 Å². The van der Waals surface area contributed by atoms with Crippen LogP contribution < -0.4 is 0 Å². The molecule has 0 aromatic carbocycles. The first-order chi connectivity index (χ1) is 7.74. The molecule has 1 aromatic rings. The average molecular weight is 221 g/mol. The van der Waals surface area contributed by atoms with Crippen molar-refractivity contribution in [2.24, 2.45) is 0 Å². The van der Waals surface area contributed by atoms with Crippen LogP contribution in [0.5, 0.6) is 0 Å². The first-order valence-corrected chi connectivity index (χ1v) is 6.18. The third-order valence-electron chi connectivity index (χ3n) is 3.82. The van der Waals surface area contributed by atoms with Gasteiger partial charge in [-0.3, -0.25) is 0 Å². The Labute approximate surface area is 95.9 Å². The number of aromatic nitrogens is 2. The second kappa shape index (κ2) is 3.86. The van der Waals surface area contributed by atoms with E-state index in [9.17, 15) is 5.11 Å². The molecule has 3 heterocycles. The lowest BCUT2D eigenvalue weighted by Gasteiger charge is -2.19. The van der Waals surface area contributed by atoms with Gasteiger partial charge in [-0.25, -0.2) is 4.98 Å². The highest BCUT2D eigenvalue weighted by Gasteiger charge is 2.26. The Morgan fingerprint density at radius 1 is 1.44 bits per heavy atom. The summed E-state index contributed by atoms with van der Waals surface area (Å²) < 4.78 is 1.97. The van der Waals surface area contributed by atoms with Crippen molar-refractivity contribution in [3.63, 3.8) is 0 Å². The summed E-state index contributed by atoms with van der Waals surface area (Å²) in [5.41, 5.74) is 1.18. The standard InChI is InChI=1S/C12H19N3O/c1-14-6-5-9(7-14)10-8-15-11(13-10)3-2-4-12(15)16/h8-9,12,16H,2-7H2,1H3. The molecule has 0 saturated carbocycles. The molecule has 1 fully saturated rings. The lowest BCUT2D eigenvalue weighted by molar-refractivity contribution is 0.0780. The van der Waals surface area contributed by atoms with Crippen LogP contribution in [0, 0.1) is 0 Å². The van der Waals surface area contributed by atoms with E-state index in [1.54, 1.807) is 0 Å². The zero-order valence-corrected chi connectivity index (χ0v) is 9.76. The van der Waals surface area contributed by atoms with Crippen LogP contribution in [0.15, 0.2) is 6.20 Å². The number of likely N-dealkylation sites (N-methyl/N-ethyl adjacent to an activating group) is 1. The molecule has 4 heteroatoms. The van der Waals surface area contributed by atoms with Gasteiger partial charge >= 0.3 is 0 Å². The smallest absolute Gasteiger partial charge is 0.131 e. The van der Waals surface area contributed by atoms with Crippen LogP contribution >= 0.6 is 0 Å².